The van der Waals surface area contributed by atoms with E-state index in [2.05, 4.69) is 4.98 Å². The molecule has 3 rings (SSSR count). The molecular formula is C17H19N3O2S. The van der Waals surface area contributed by atoms with Crippen LogP contribution in [-0.4, -0.2) is 34.7 Å². The zero-order valence-corrected chi connectivity index (χ0v) is 14.2. The molecular weight excluding hydrogens is 310 g/mol. The van der Waals surface area contributed by atoms with Crippen LogP contribution >= 0.6 is 0 Å². The number of fused-ring (bicyclic) bond motifs is 1. The number of imidazole rings is 1. The molecule has 2 aromatic carbocycles. The van der Waals surface area contributed by atoms with Crippen LogP contribution in [0.15, 0.2) is 48.8 Å². The van der Waals surface area contributed by atoms with Gasteiger partial charge in [0.2, 0.25) is 0 Å². The highest BCUT2D eigenvalue weighted by molar-refractivity contribution is 7.89. The van der Waals surface area contributed by atoms with Gasteiger partial charge in [-0.25, -0.2) is 4.98 Å². The number of nitrogens with zero attached hydrogens (tertiary/aromatic N) is 3. The lowest BCUT2D eigenvalue weighted by Crippen LogP contribution is -2.17. The number of benzene rings is 2. The van der Waals surface area contributed by atoms with Crippen LogP contribution in [0.2, 0.25) is 0 Å². The van der Waals surface area contributed by atoms with Crippen molar-refractivity contribution in [3.8, 4) is 5.75 Å². The van der Waals surface area contributed by atoms with E-state index in [-0.39, 0.29) is 0 Å². The van der Waals surface area contributed by atoms with Crippen molar-refractivity contribution in [1.82, 2.24) is 8.96 Å². The Balaban J connectivity index is 1.91. The van der Waals surface area contributed by atoms with Crippen LogP contribution in [0.4, 0.5) is 5.69 Å². The molecule has 1 heterocycles. The fourth-order valence-corrected chi connectivity index (χ4v) is 3.71. The smallest absolute Gasteiger partial charge is 0.158 e. The molecule has 1 aromatic heterocycles. The molecule has 0 amide bonds. The molecule has 1 atom stereocenters. The van der Waals surface area contributed by atoms with Gasteiger partial charge in [0.15, 0.2) is 5.75 Å². The number of hydrogen-bond donors (Lipinski definition) is 0. The minimum atomic E-state index is -1.23. The summed E-state index contributed by atoms with van der Waals surface area (Å²) in [6, 6.07) is 13.6. The number of hydrogen-bond acceptors (Lipinski definition) is 4. The van der Waals surface area contributed by atoms with E-state index >= 15 is 0 Å². The Morgan fingerprint density at radius 1 is 1.22 bits per heavy atom. The van der Waals surface area contributed by atoms with Gasteiger partial charge in [0.05, 0.1) is 24.0 Å². The zero-order chi connectivity index (χ0) is 16.4. The van der Waals surface area contributed by atoms with Crippen molar-refractivity contribution in [2.24, 2.45) is 0 Å². The number of anilines is 1. The molecule has 120 valence electrons. The van der Waals surface area contributed by atoms with Gasteiger partial charge in [0.25, 0.3) is 0 Å². The van der Waals surface area contributed by atoms with Crippen LogP contribution in [0.1, 0.15) is 5.56 Å². The van der Waals surface area contributed by atoms with Crippen molar-refractivity contribution in [3.63, 3.8) is 0 Å². The number of methoxy groups -OCH3 is 1. The Kier molecular flexibility index (Phi) is 4.45. The second kappa shape index (κ2) is 6.52. The van der Waals surface area contributed by atoms with E-state index in [9.17, 15) is 4.55 Å². The molecule has 0 N–H and O–H groups in total. The minimum Gasteiger partial charge on any atom is -0.592 e. The van der Waals surface area contributed by atoms with Crippen molar-refractivity contribution < 1.29 is 9.29 Å². The maximum Gasteiger partial charge on any atom is 0.158 e. The van der Waals surface area contributed by atoms with Gasteiger partial charge in [0.1, 0.15) is 17.6 Å². The number of rotatable bonds is 5. The van der Waals surface area contributed by atoms with Gasteiger partial charge in [-0.3, -0.25) is 0 Å². The zero-order valence-electron chi connectivity index (χ0n) is 13.4. The van der Waals surface area contributed by atoms with E-state index in [0.717, 1.165) is 28.0 Å². The Morgan fingerprint density at radius 3 is 2.74 bits per heavy atom. The Hall–Kier alpha value is -2.18. The monoisotopic (exact) mass is 329 g/mol. The Bertz CT molecular complexity index is 816. The van der Waals surface area contributed by atoms with Gasteiger partial charge in [0, 0.05) is 31.4 Å². The van der Waals surface area contributed by atoms with Gasteiger partial charge >= 0.3 is 0 Å². The van der Waals surface area contributed by atoms with Crippen molar-refractivity contribution >= 4 is 28.1 Å². The summed E-state index contributed by atoms with van der Waals surface area (Å²) in [6.07, 6.45) is 1.62. The third-order valence-electron chi connectivity index (χ3n) is 3.69. The van der Waals surface area contributed by atoms with Crippen molar-refractivity contribution in [2.45, 2.75) is 5.75 Å². The first-order valence-electron chi connectivity index (χ1n) is 7.25. The molecule has 0 bridgehead atoms. The van der Waals surface area contributed by atoms with Gasteiger partial charge in [-0.1, -0.05) is 18.2 Å². The predicted molar refractivity (Wildman–Crippen MR) is 94.3 cm³/mol. The quantitative estimate of drug-likeness (QED) is 0.676. The van der Waals surface area contributed by atoms with Crippen LogP contribution in [0.3, 0.4) is 0 Å². The Labute approximate surface area is 138 Å². The summed E-state index contributed by atoms with van der Waals surface area (Å²) in [5, 5.41) is 0. The van der Waals surface area contributed by atoms with E-state index in [0.29, 0.717) is 5.75 Å². The molecule has 0 fully saturated rings. The summed E-state index contributed by atoms with van der Waals surface area (Å²) in [6.45, 7) is 0. The lowest BCUT2D eigenvalue weighted by atomic mass is 10.2. The number of ether oxygens (including phenoxy) is 1. The highest BCUT2D eigenvalue weighted by Gasteiger charge is 2.18. The van der Waals surface area contributed by atoms with E-state index in [1.807, 2.05) is 61.5 Å². The summed E-state index contributed by atoms with van der Waals surface area (Å²) in [5.74, 6) is 1.18. The highest BCUT2D eigenvalue weighted by Crippen LogP contribution is 2.25. The molecule has 0 spiro atoms. The first-order valence-corrected chi connectivity index (χ1v) is 8.53. The van der Waals surface area contributed by atoms with E-state index in [1.165, 1.54) is 0 Å². The fraction of sp³-hybridized carbons (Fsp3) is 0.235. The summed E-state index contributed by atoms with van der Waals surface area (Å²) in [5.41, 5.74) is 3.74. The molecule has 3 aromatic rings. The van der Waals surface area contributed by atoms with Crippen molar-refractivity contribution in [1.29, 1.82) is 0 Å². The topological polar surface area (TPSA) is 53.4 Å². The summed E-state index contributed by atoms with van der Waals surface area (Å²) >= 11 is -1.23. The number of para-hydroxylation sites is 1. The largest absolute Gasteiger partial charge is 0.592 e. The summed E-state index contributed by atoms with van der Waals surface area (Å²) in [7, 11) is 5.59. The molecule has 0 radical (unpaired) electrons. The van der Waals surface area contributed by atoms with Crippen LogP contribution in [-0.2, 0) is 17.1 Å². The highest BCUT2D eigenvalue weighted by atomic mass is 32.2. The lowest BCUT2D eigenvalue weighted by molar-refractivity contribution is 0.415. The van der Waals surface area contributed by atoms with Crippen LogP contribution < -0.4 is 9.64 Å². The van der Waals surface area contributed by atoms with Crippen LogP contribution in [0, 0.1) is 0 Å². The molecule has 6 heteroatoms. The molecule has 23 heavy (non-hydrogen) atoms. The van der Waals surface area contributed by atoms with Gasteiger partial charge in [-0.05, 0) is 18.2 Å². The average Bonchev–Trinajstić information content (AvgIpc) is 2.98. The molecule has 0 saturated carbocycles. The molecule has 5 nitrogen and oxygen atoms in total. The van der Waals surface area contributed by atoms with Crippen molar-refractivity contribution in [3.05, 3.63) is 54.4 Å². The molecule has 0 aliphatic carbocycles. The molecule has 1 unspecified atom stereocenters. The average molecular weight is 329 g/mol. The minimum absolute atomic E-state index is 0.436. The van der Waals surface area contributed by atoms with Gasteiger partial charge in [-0.15, -0.1) is 0 Å². The second-order valence-electron chi connectivity index (χ2n) is 5.41. The third-order valence-corrected chi connectivity index (χ3v) is 4.98. The third kappa shape index (κ3) is 3.13. The molecule has 0 saturated heterocycles. The van der Waals surface area contributed by atoms with Crippen LogP contribution in [0.25, 0.3) is 11.0 Å². The standard InChI is InChI=1S/C17H19N3O2S/c1-19(2)16-7-5-4-6-13(16)11-23(21)20-12-18-15-10-14(22-3)8-9-17(15)20/h4-10,12H,11H2,1-3H3. The predicted octanol–water partition coefficient (Wildman–Crippen LogP) is 2.82. The first kappa shape index (κ1) is 15.7. The first-order chi connectivity index (χ1) is 11.1. The normalized spacial score (nSPS) is 12.3. The summed E-state index contributed by atoms with van der Waals surface area (Å²) < 4.78 is 19.7. The van der Waals surface area contributed by atoms with E-state index in [1.54, 1.807) is 17.4 Å². The lowest BCUT2D eigenvalue weighted by Gasteiger charge is -2.18. The summed E-state index contributed by atoms with van der Waals surface area (Å²) in [4.78, 5) is 6.36. The van der Waals surface area contributed by atoms with Gasteiger partial charge < -0.3 is 14.2 Å². The van der Waals surface area contributed by atoms with Crippen molar-refractivity contribution in [2.75, 3.05) is 26.1 Å². The van der Waals surface area contributed by atoms with E-state index < -0.39 is 11.4 Å². The number of aromatic nitrogens is 2. The maximum absolute atomic E-state index is 12.8. The fourth-order valence-electron chi connectivity index (χ4n) is 2.53. The SMILES string of the molecule is COc1ccc2c(c1)ncn2[S+]([O-])Cc1ccccc1N(C)C. The second-order valence-corrected chi connectivity index (χ2v) is 6.74. The van der Waals surface area contributed by atoms with E-state index in [4.69, 9.17) is 4.74 Å². The maximum atomic E-state index is 12.8. The molecule has 0 aliphatic rings. The van der Waals surface area contributed by atoms with Gasteiger partial charge in [-0.2, -0.15) is 3.97 Å². The Morgan fingerprint density at radius 2 is 2.00 bits per heavy atom. The molecule has 0 aliphatic heterocycles. The van der Waals surface area contributed by atoms with Crippen LogP contribution in [0.5, 0.6) is 5.75 Å².